The maximum atomic E-state index is 13.0. The molecular formula is C22H36N2O10. The summed E-state index contributed by atoms with van der Waals surface area (Å²) in [6.07, 6.45) is -4.80. The van der Waals surface area contributed by atoms with Gasteiger partial charge in [0, 0.05) is 33.1 Å². The predicted octanol–water partition coefficient (Wildman–Crippen LogP) is -0.440. The zero-order chi connectivity index (χ0) is 24.8. The number of ether oxygens (including phenoxy) is 8. The highest BCUT2D eigenvalue weighted by Crippen LogP contribution is 2.40. The van der Waals surface area contributed by atoms with Crippen molar-refractivity contribution in [3.05, 3.63) is 0 Å². The van der Waals surface area contributed by atoms with Gasteiger partial charge in [-0.1, -0.05) is 0 Å². The second kappa shape index (κ2) is 10.0. The van der Waals surface area contributed by atoms with Gasteiger partial charge in [-0.05, 0) is 27.7 Å². The standard InChI is InChI=1S/C22H36N2O10/c1-9(25)7-12(15-17(28-6)19-21(32-15)34-22(3,4)33-19)24-13(26)8-11(23)14-16(27-5)18-20(31-14)30-10(2)29-18/h10-12,14-21H,7-8,23H2,1-6H3,(H,24,26). The fraction of sp³-hybridized carbons (Fsp3) is 0.909. The van der Waals surface area contributed by atoms with Gasteiger partial charge in [-0.3, -0.25) is 9.59 Å². The first-order valence-corrected chi connectivity index (χ1v) is 11.6. The van der Waals surface area contributed by atoms with E-state index in [0.717, 1.165) is 0 Å². The van der Waals surface area contributed by atoms with Gasteiger partial charge in [-0.15, -0.1) is 0 Å². The number of nitrogens with one attached hydrogen (secondary N) is 1. The normalized spacial score (nSPS) is 42.3. The number of carbonyl (C=O) groups is 2. The van der Waals surface area contributed by atoms with Gasteiger partial charge in [-0.2, -0.15) is 0 Å². The van der Waals surface area contributed by atoms with E-state index in [4.69, 9.17) is 43.6 Å². The van der Waals surface area contributed by atoms with Crippen LogP contribution in [0.5, 0.6) is 0 Å². The highest BCUT2D eigenvalue weighted by Gasteiger charge is 2.57. The molecule has 0 aliphatic carbocycles. The molecule has 4 saturated heterocycles. The molecule has 4 aliphatic rings. The minimum Gasteiger partial charge on any atom is -0.376 e. The van der Waals surface area contributed by atoms with Gasteiger partial charge < -0.3 is 48.9 Å². The highest BCUT2D eigenvalue weighted by molar-refractivity contribution is 5.80. The molecule has 4 fully saturated rings. The van der Waals surface area contributed by atoms with Gasteiger partial charge >= 0.3 is 0 Å². The molecule has 3 N–H and O–H groups in total. The van der Waals surface area contributed by atoms with Crippen LogP contribution in [-0.4, -0.2) is 99.3 Å². The fourth-order valence-corrected chi connectivity index (χ4v) is 5.21. The molecule has 4 heterocycles. The van der Waals surface area contributed by atoms with Crippen molar-refractivity contribution in [1.29, 1.82) is 0 Å². The molecule has 0 spiro atoms. The third kappa shape index (κ3) is 5.15. The molecule has 12 nitrogen and oxygen atoms in total. The molecule has 0 aromatic heterocycles. The topological polar surface area (TPSA) is 146 Å². The zero-order valence-corrected chi connectivity index (χ0v) is 20.4. The maximum Gasteiger partial charge on any atom is 0.221 e. The monoisotopic (exact) mass is 488 g/mol. The van der Waals surface area contributed by atoms with Gasteiger partial charge in [0.15, 0.2) is 24.7 Å². The van der Waals surface area contributed by atoms with E-state index < -0.39 is 73.4 Å². The Labute approximate surface area is 199 Å². The third-order valence-corrected chi connectivity index (χ3v) is 6.55. The van der Waals surface area contributed by atoms with Crippen molar-refractivity contribution in [1.82, 2.24) is 5.32 Å². The quantitative estimate of drug-likeness (QED) is 0.435. The van der Waals surface area contributed by atoms with Crippen LogP contribution in [0.15, 0.2) is 0 Å². The van der Waals surface area contributed by atoms with Crippen molar-refractivity contribution >= 4 is 11.7 Å². The van der Waals surface area contributed by atoms with Gasteiger partial charge in [0.25, 0.3) is 0 Å². The number of Topliss-reactive ketones (excluding diaryl/α,β-unsaturated/α-hetero) is 1. The summed E-state index contributed by atoms with van der Waals surface area (Å²) in [5.41, 5.74) is 6.33. The molecule has 34 heavy (non-hydrogen) atoms. The molecule has 4 rings (SSSR count). The summed E-state index contributed by atoms with van der Waals surface area (Å²) in [6.45, 7) is 6.80. The van der Waals surface area contributed by atoms with E-state index in [1.165, 1.54) is 21.1 Å². The fourth-order valence-electron chi connectivity index (χ4n) is 5.21. The number of rotatable bonds is 9. The zero-order valence-electron chi connectivity index (χ0n) is 20.4. The predicted molar refractivity (Wildman–Crippen MR) is 114 cm³/mol. The lowest BCUT2D eigenvalue weighted by molar-refractivity contribution is -0.220. The van der Waals surface area contributed by atoms with Crippen molar-refractivity contribution in [3.8, 4) is 0 Å². The number of fused-ring (bicyclic) bond motifs is 2. The second-order valence-corrected chi connectivity index (χ2v) is 9.69. The number of carbonyl (C=O) groups excluding carboxylic acids is 2. The molecule has 0 bridgehead atoms. The van der Waals surface area contributed by atoms with E-state index in [2.05, 4.69) is 5.32 Å². The van der Waals surface area contributed by atoms with Gasteiger partial charge in [0.1, 0.15) is 42.4 Å². The molecule has 0 saturated carbocycles. The van der Waals surface area contributed by atoms with E-state index in [1.807, 2.05) is 0 Å². The lowest BCUT2D eigenvalue weighted by atomic mass is 9.97. The van der Waals surface area contributed by atoms with Crippen LogP contribution in [0.3, 0.4) is 0 Å². The van der Waals surface area contributed by atoms with Crippen molar-refractivity contribution in [2.45, 2.75) is 114 Å². The Morgan fingerprint density at radius 1 is 0.941 bits per heavy atom. The van der Waals surface area contributed by atoms with Crippen LogP contribution >= 0.6 is 0 Å². The number of hydrogen-bond donors (Lipinski definition) is 2. The van der Waals surface area contributed by atoms with Crippen LogP contribution < -0.4 is 11.1 Å². The SMILES string of the molecule is COC1C(C(N)CC(=O)NC(CC(C)=O)C2OC3OC(C)(C)OC3C2OC)OC2OC(C)OC21. The van der Waals surface area contributed by atoms with Crippen molar-refractivity contribution in [2.24, 2.45) is 5.73 Å². The van der Waals surface area contributed by atoms with Crippen LogP contribution in [0, 0.1) is 0 Å². The average molecular weight is 489 g/mol. The van der Waals surface area contributed by atoms with E-state index in [0.29, 0.717) is 0 Å². The Bertz CT molecular complexity index is 766. The first-order valence-electron chi connectivity index (χ1n) is 11.6. The summed E-state index contributed by atoms with van der Waals surface area (Å²) in [7, 11) is 3.07. The van der Waals surface area contributed by atoms with E-state index >= 15 is 0 Å². The maximum absolute atomic E-state index is 13.0. The number of methoxy groups -OCH3 is 2. The lowest BCUT2D eigenvalue weighted by Crippen LogP contribution is -2.53. The van der Waals surface area contributed by atoms with Crippen LogP contribution in [0.25, 0.3) is 0 Å². The van der Waals surface area contributed by atoms with E-state index in [9.17, 15) is 9.59 Å². The Kier molecular flexibility index (Phi) is 7.63. The van der Waals surface area contributed by atoms with Crippen LogP contribution in [0.4, 0.5) is 0 Å². The summed E-state index contributed by atoms with van der Waals surface area (Å²) >= 11 is 0. The van der Waals surface area contributed by atoms with Crippen molar-refractivity contribution in [3.63, 3.8) is 0 Å². The molecule has 1 amide bonds. The van der Waals surface area contributed by atoms with E-state index in [1.54, 1.807) is 20.8 Å². The van der Waals surface area contributed by atoms with Gasteiger partial charge in [-0.25, -0.2) is 0 Å². The third-order valence-electron chi connectivity index (χ3n) is 6.55. The Balaban J connectivity index is 1.39. The number of ketones is 1. The summed E-state index contributed by atoms with van der Waals surface area (Å²) in [4.78, 5) is 25.0. The largest absolute Gasteiger partial charge is 0.376 e. The molecule has 0 aromatic rings. The Morgan fingerprint density at radius 2 is 1.59 bits per heavy atom. The molecule has 11 unspecified atom stereocenters. The Morgan fingerprint density at radius 3 is 2.24 bits per heavy atom. The van der Waals surface area contributed by atoms with E-state index in [-0.39, 0.29) is 24.5 Å². The summed E-state index contributed by atoms with van der Waals surface area (Å²) in [5.74, 6) is -1.28. The lowest BCUT2D eigenvalue weighted by Gasteiger charge is -2.31. The second-order valence-electron chi connectivity index (χ2n) is 9.69. The highest BCUT2D eigenvalue weighted by atomic mass is 16.8. The summed E-state index contributed by atoms with van der Waals surface area (Å²) in [5, 5.41) is 2.89. The first-order chi connectivity index (χ1) is 16.0. The number of hydrogen-bond acceptors (Lipinski definition) is 11. The molecule has 194 valence electrons. The molecular weight excluding hydrogens is 452 g/mol. The van der Waals surface area contributed by atoms with Crippen LogP contribution in [0.1, 0.15) is 40.5 Å². The minimum absolute atomic E-state index is 0.0542. The van der Waals surface area contributed by atoms with Gasteiger partial charge in [0.2, 0.25) is 5.91 Å². The molecule has 12 heteroatoms. The minimum atomic E-state index is -0.814. The first kappa shape index (κ1) is 25.9. The number of nitrogens with two attached hydrogens (primary N) is 1. The van der Waals surface area contributed by atoms with Crippen LogP contribution in [0.2, 0.25) is 0 Å². The summed E-state index contributed by atoms with van der Waals surface area (Å²) in [6, 6.07) is -1.34. The molecule has 4 aliphatic heterocycles. The molecule has 0 aromatic carbocycles. The van der Waals surface area contributed by atoms with Crippen molar-refractivity contribution in [2.75, 3.05) is 14.2 Å². The number of amides is 1. The molecule has 11 atom stereocenters. The van der Waals surface area contributed by atoms with Crippen molar-refractivity contribution < 1.29 is 47.5 Å². The van der Waals surface area contributed by atoms with Crippen LogP contribution in [-0.2, 0) is 47.5 Å². The molecule has 0 radical (unpaired) electrons. The van der Waals surface area contributed by atoms with Gasteiger partial charge in [0.05, 0.1) is 6.04 Å². The average Bonchev–Trinajstić information content (AvgIpc) is 3.42. The Hall–Kier alpha value is -1.22. The summed E-state index contributed by atoms with van der Waals surface area (Å²) < 4.78 is 46.1. The smallest absolute Gasteiger partial charge is 0.221 e.